The number of methoxy groups -OCH3 is 1. The quantitative estimate of drug-likeness (QED) is 0.706. The number of hydrogen-bond acceptors (Lipinski definition) is 4. The van der Waals surface area contributed by atoms with E-state index in [-0.39, 0.29) is 10.6 Å². The van der Waals surface area contributed by atoms with Gasteiger partial charge in [-0.1, -0.05) is 11.6 Å². The zero-order valence-electron chi connectivity index (χ0n) is 11.1. The Morgan fingerprint density at radius 1 is 1.35 bits per heavy atom. The van der Waals surface area contributed by atoms with Gasteiger partial charge in [-0.3, -0.25) is 4.21 Å². The van der Waals surface area contributed by atoms with Gasteiger partial charge in [-0.2, -0.15) is 0 Å². The molecule has 1 aromatic carbocycles. The topological polar surface area (TPSA) is 72.8 Å². The van der Waals surface area contributed by atoms with Crippen molar-refractivity contribution in [2.45, 2.75) is 11.3 Å². The first-order valence-corrected chi connectivity index (χ1v) is 7.74. The predicted octanol–water partition coefficient (Wildman–Crippen LogP) is 2.20. The monoisotopic (exact) mass is 320 g/mol. The molecule has 0 radical (unpaired) electrons. The first kappa shape index (κ1) is 17.1. The first-order chi connectivity index (χ1) is 9.56. The summed E-state index contributed by atoms with van der Waals surface area (Å²) in [6, 6.07) is 4.35. The van der Waals surface area contributed by atoms with Crippen LogP contribution in [-0.2, 0) is 20.3 Å². The highest BCUT2D eigenvalue weighted by molar-refractivity contribution is 7.85. The average Bonchev–Trinajstić information content (AvgIpc) is 2.42. The van der Waals surface area contributed by atoms with Gasteiger partial charge in [0, 0.05) is 25.2 Å². The molecule has 0 aliphatic heterocycles. The molecule has 5 nitrogen and oxygen atoms in total. The minimum Gasteiger partial charge on any atom is -0.478 e. The standard InChI is InChI=1S/C13H17ClO5S/c1-18-5-2-6-19-7-8-20(17)10-3-4-12(14)11(9-10)13(15)16/h3-4,9H,2,5-8H2,1H3,(H,15,16). The smallest absolute Gasteiger partial charge is 0.337 e. The van der Waals surface area contributed by atoms with Crippen LogP contribution in [0.4, 0.5) is 0 Å². The molecule has 1 rings (SSSR count). The fourth-order valence-electron chi connectivity index (χ4n) is 1.47. The minimum absolute atomic E-state index is 0.0430. The van der Waals surface area contributed by atoms with E-state index in [1.54, 1.807) is 13.2 Å². The molecular formula is C13H17ClO5S. The van der Waals surface area contributed by atoms with Crippen molar-refractivity contribution in [3.05, 3.63) is 28.8 Å². The molecule has 112 valence electrons. The molecule has 0 aromatic heterocycles. The highest BCUT2D eigenvalue weighted by Crippen LogP contribution is 2.19. The van der Waals surface area contributed by atoms with Crippen LogP contribution in [0.5, 0.6) is 0 Å². The van der Waals surface area contributed by atoms with Crippen molar-refractivity contribution < 1.29 is 23.6 Å². The van der Waals surface area contributed by atoms with E-state index in [1.165, 1.54) is 12.1 Å². The lowest BCUT2D eigenvalue weighted by Gasteiger charge is -2.06. The Morgan fingerprint density at radius 3 is 2.75 bits per heavy atom. The Hall–Kier alpha value is -0.950. The lowest BCUT2D eigenvalue weighted by molar-refractivity contribution is 0.0697. The van der Waals surface area contributed by atoms with E-state index in [2.05, 4.69) is 0 Å². The molecule has 0 aliphatic carbocycles. The third-order valence-corrected chi connectivity index (χ3v) is 4.13. The van der Waals surface area contributed by atoms with E-state index in [9.17, 15) is 9.00 Å². The first-order valence-electron chi connectivity index (χ1n) is 6.04. The van der Waals surface area contributed by atoms with Crippen LogP contribution in [0.2, 0.25) is 5.02 Å². The summed E-state index contributed by atoms with van der Waals surface area (Å²) in [6.07, 6.45) is 0.785. The number of carbonyl (C=O) groups is 1. The third-order valence-electron chi connectivity index (χ3n) is 2.48. The van der Waals surface area contributed by atoms with Crippen LogP contribution in [0.15, 0.2) is 23.1 Å². The Kier molecular flexibility index (Phi) is 7.76. The molecule has 20 heavy (non-hydrogen) atoms. The van der Waals surface area contributed by atoms with Gasteiger partial charge in [0.05, 0.1) is 33.7 Å². The second-order valence-corrected chi connectivity index (χ2v) is 5.93. The minimum atomic E-state index is -1.30. The summed E-state index contributed by atoms with van der Waals surface area (Å²) in [6.45, 7) is 1.52. The molecule has 0 saturated heterocycles. The summed E-state index contributed by atoms with van der Waals surface area (Å²) in [5.74, 6) is -0.821. The maximum Gasteiger partial charge on any atom is 0.337 e. The summed E-state index contributed by atoms with van der Waals surface area (Å²) in [5.41, 5.74) is -0.0430. The van der Waals surface area contributed by atoms with Crippen LogP contribution in [0.1, 0.15) is 16.8 Å². The van der Waals surface area contributed by atoms with E-state index in [0.717, 1.165) is 6.42 Å². The zero-order valence-corrected chi connectivity index (χ0v) is 12.7. The molecule has 0 fully saturated rings. The van der Waals surface area contributed by atoms with Crippen molar-refractivity contribution in [2.24, 2.45) is 0 Å². The molecule has 7 heteroatoms. The van der Waals surface area contributed by atoms with Gasteiger partial charge in [0.1, 0.15) is 0 Å². The van der Waals surface area contributed by atoms with Crippen molar-refractivity contribution in [3.63, 3.8) is 0 Å². The molecule has 0 aliphatic rings. The SMILES string of the molecule is COCCCOCCS(=O)c1ccc(Cl)c(C(=O)O)c1. The summed E-state index contributed by atoms with van der Waals surface area (Å²) in [5, 5.41) is 9.08. The molecule has 1 N–H and O–H groups in total. The van der Waals surface area contributed by atoms with Crippen LogP contribution in [0.3, 0.4) is 0 Å². The van der Waals surface area contributed by atoms with Gasteiger partial charge in [0.25, 0.3) is 0 Å². The number of benzene rings is 1. The van der Waals surface area contributed by atoms with E-state index in [0.29, 0.717) is 30.5 Å². The van der Waals surface area contributed by atoms with Crippen LogP contribution in [-0.4, -0.2) is 48.0 Å². The number of carboxylic acids is 1. The van der Waals surface area contributed by atoms with Gasteiger partial charge >= 0.3 is 5.97 Å². The van der Waals surface area contributed by atoms with E-state index in [4.69, 9.17) is 26.2 Å². The van der Waals surface area contributed by atoms with Gasteiger partial charge in [-0.15, -0.1) is 0 Å². The fourth-order valence-corrected chi connectivity index (χ4v) is 2.64. The highest BCUT2D eigenvalue weighted by Gasteiger charge is 2.12. The number of halogens is 1. The summed E-state index contributed by atoms with van der Waals surface area (Å²) in [7, 11) is 0.317. The number of hydrogen-bond donors (Lipinski definition) is 1. The number of rotatable bonds is 9. The third kappa shape index (κ3) is 5.58. The molecule has 1 unspecified atom stereocenters. The Morgan fingerprint density at radius 2 is 2.10 bits per heavy atom. The maximum absolute atomic E-state index is 12.0. The summed E-state index contributed by atoms with van der Waals surface area (Å²) >= 11 is 5.75. The normalized spacial score (nSPS) is 12.3. The Labute approximate surface area is 125 Å². The van der Waals surface area contributed by atoms with Gasteiger partial charge in [0.15, 0.2) is 0 Å². The highest BCUT2D eigenvalue weighted by atomic mass is 35.5. The van der Waals surface area contributed by atoms with Gasteiger partial charge in [-0.05, 0) is 24.6 Å². The van der Waals surface area contributed by atoms with E-state index < -0.39 is 16.8 Å². The van der Waals surface area contributed by atoms with Crippen LogP contribution >= 0.6 is 11.6 Å². The van der Waals surface area contributed by atoms with Crippen molar-refractivity contribution in [3.8, 4) is 0 Å². The number of aromatic carboxylic acids is 1. The number of carboxylic acid groups (broad SMARTS) is 1. The Bertz CT molecular complexity index is 478. The van der Waals surface area contributed by atoms with Crippen molar-refractivity contribution in [1.29, 1.82) is 0 Å². The van der Waals surface area contributed by atoms with E-state index >= 15 is 0 Å². The fraction of sp³-hybridized carbons (Fsp3) is 0.462. The molecule has 0 bridgehead atoms. The molecule has 0 amide bonds. The summed E-state index contributed by atoms with van der Waals surface area (Å²) < 4.78 is 22.2. The average molecular weight is 321 g/mol. The maximum atomic E-state index is 12.0. The van der Waals surface area contributed by atoms with Gasteiger partial charge in [-0.25, -0.2) is 4.79 Å². The second-order valence-electron chi connectivity index (χ2n) is 3.96. The molecule has 0 spiro atoms. The van der Waals surface area contributed by atoms with Crippen molar-refractivity contribution in [2.75, 3.05) is 32.7 Å². The molecule has 1 atom stereocenters. The molecule has 0 saturated carbocycles. The number of ether oxygens (including phenoxy) is 2. The lowest BCUT2D eigenvalue weighted by Crippen LogP contribution is -2.09. The second kappa shape index (κ2) is 9.07. The predicted molar refractivity (Wildman–Crippen MR) is 77.0 cm³/mol. The Balaban J connectivity index is 2.47. The largest absolute Gasteiger partial charge is 0.478 e. The van der Waals surface area contributed by atoms with Gasteiger partial charge in [0.2, 0.25) is 0 Å². The van der Waals surface area contributed by atoms with Gasteiger partial charge < -0.3 is 14.6 Å². The van der Waals surface area contributed by atoms with Crippen LogP contribution in [0.25, 0.3) is 0 Å². The molecular weight excluding hydrogens is 304 g/mol. The van der Waals surface area contributed by atoms with E-state index in [1.807, 2.05) is 0 Å². The molecule has 0 heterocycles. The van der Waals surface area contributed by atoms with Crippen LogP contribution < -0.4 is 0 Å². The summed E-state index contributed by atoms with van der Waals surface area (Å²) in [4.78, 5) is 11.4. The lowest BCUT2D eigenvalue weighted by atomic mass is 10.2. The van der Waals surface area contributed by atoms with Crippen LogP contribution in [0, 0.1) is 0 Å². The van der Waals surface area contributed by atoms with Crippen molar-refractivity contribution >= 4 is 28.4 Å². The van der Waals surface area contributed by atoms with Crippen molar-refractivity contribution in [1.82, 2.24) is 0 Å². The zero-order chi connectivity index (χ0) is 15.0. The molecule has 1 aromatic rings.